The number of carbonyl (C=O) groups excluding carboxylic acids is 1. The van der Waals surface area contributed by atoms with Crippen molar-refractivity contribution in [2.45, 2.75) is 83.8 Å². The molecule has 34 heavy (non-hydrogen) atoms. The minimum absolute atomic E-state index is 0.0249. The number of ether oxygens (including phenoxy) is 3. The van der Waals surface area contributed by atoms with Crippen molar-refractivity contribution in [3.05, 3.63) is 34.9 Å². The third kappa shape index (κ3) is 3.98. The maximum absolute atomic E-state index is 13.9. The van der Waals surface area contributed by atoms with Crippen LogP contribution in [0.1, 0.15) is 86.9 Å². The number of aromatic nitrogens is 2. The fourth-order valence-electron chi connectivity index (χ4n) is 5.72. The van der Waals surface area contributed by atoms with Gasteiger partial charge in [-0.1, -0.05) is 12.8 Å². The molecule has 1 amide bonds. The number of morpholine rings is 1. The first-order valence-corrected chi connectivity index (χ1v) is 12.7. The molecule has 0 radical (unpaired) electrons. The van der Waals surface area contributed by atoms with Crippen molar-refractivity contribution < 1.29 is 19.0 Å². The molecular weight excluding hydrogens is 430 g/mol. The van der Waals surface area contributed by atoms with Gasteiger partial charge >= 0.3 is 0 Å². The van der Waals surface area contributed by atoms with Crippen molar-refractivity contribution in [2.75, 3.05) is 26.9 Å². The molecule has 3 heterocycles. The second-order valence-electron chi connectivity index (χ2n) is 10.7. The van der Waals surface area contributed by atoms with Crippen molar-refractivity contribution in [3.63, 3.8) is 0 Å². The van der Waals surface area contributed by atoms with E-state index in [0.717, 1.165) is 54.4 Å². The number of carbonyl (C=O) groups is 1. The number of methoxy groups -OCH3 is 1. The summed E-state index contributed by atoms with van der Waals surface area (Å²) in [4.78, 5) is 20.9. The van der Waals surface area contributed by atoms with Gasteiger partial charge in [-0.25, -0.2) is 4.98 Å². The van der Waals surface area contributed by atoms with E-state index in [2.05, 4.69) is 30.5 Å². The second kappa shape index (κ2) is 8.91. The Kier molecular flexibility index (Phi) is 6.09. The molecule has 5 rings (SSSR count). The molecule has 1 aromatic carbocycles. The van der Waals surface area contributed by atoms with Crippen LogP contribution in [0.3, 0.4) is 0 Å². The van der Waals surface area contributed by atoms with E-state index >= 15 is 0 Å². The summed E-state index contributed by atoms with van der Waals surface area (Å²) in [6.07, 6.45) is 6.32. The predicted octanol–water partition coefficient (Wildman–Crippen LogP) is 4.68. The van der Waals surface area contributed by atoms with Crippen LogP contribution in [-0.4, -0.2) is 58.9 Å². The van der Waals surface area contributed by atoms with E-state index < -0.39 is 0 Å². The molecule has 7 heteroatoms. The van der Waals surface area contributed by atoms with Crippen molar-refractivity contribution in [1.82, 2.24) is 14.5 Å². The first-order valence-electron chi connectivity index (χ1n) is 12.7. The Bertz CT molecular complexity index is 1080. The van der Waals surface area contributed by atoms with E-state index in [1.165, 1.54) is 18.4 Å². The zero-order chi connectivity index (χ0) is 24.0. The Balaban J connectivity index is 1.65. The summed E-state index contributed by atoms with van der Waals surface area (Å²) in [5, 5.41) is 0. The molecule has 0 spiro atoms. The molecular formula is C27H37N3O4. The van der Waals surface area contributed by atoms with E-state index in [4.69, 9.17) is 19.2 Å². The largest absolute Gasteiger partial charge is 0.493 e. The van der Waals surface area contributed by atoms with E-state index in [9.17, 15) is 4.79 Å². The van der Waals surface area contributed by atoms with Gasteiger partial charge in [-0.05, 0) is 65.0 Å². The zero-order valence-electron chi connectivity index (χ0n) is 21.1. The quantitative estimate of drug-likeness (QED) is 0.639. The molecule has 0 atom stereocenters. The highest BCUT2D eigenvalue weighted by Gasteiger charge is 2.39. The Morgan fingerprint density at radius 1 is 1.18 bits per heavy atom. The monoisotopic (exact) mass is 467 g/mol. The zero-order valence-corrected chi connectivity index (χ0v) is 21.1. The topological polar surface area (TPSA) is 65.8 Å². The summed E-state index contributed by atoms with van der Waals surface area (Å²) in [7, 11) is 1.69. The molecule has 2 fully saturated rings. The van der Waals surface area contributed by atoms with Gasteiger partial charge in [-0.3, -0.25) is 9.36 Å². The van der Waals surface area contributed by atoms with Crippen molar-refractivity contribution in [1.29, 1.82) is 0 Å². The number of amides is 1. The first-order chi connectivity index (χ1) is 16.3. The summed E-state index contributed by atoms with van der Waals surface area (Å²) in [6, 6.07) is 4.19. The lowest BCUT2D eigenvalue weighted by atomic mass is 9.97. The Labute approximate surface area is 202 Å². The van der Waals surface area contributed by atoms with Crippen LogP contribution in [0, 0.1) is 0 Å². The lowest BCUT2D eigenvalue weighted by molar-refractivity contribution is -0.0373. The molecule has 0 bridgehead atoms. The Hall–Kier alpha value is -2.54. The average Bonchev–Trinajstić information content (AvgIpc) is 3.45. The van der Waals surface area contributed by atoms with Gasteiger partial charge < -0.3 is 19.1 Å². The molecule has 1 aromatic heterocycles. The summed E-state index contributed by atoms with van der Waals surface area (Å²) >= 11 is 0. The summed E-state index contributed by atoms with van der Waals surface area (Å²) in [5.74, 6) is 2.92. The summed E-state index contributed by atoms with van der Waals surface area (Å²) < 4.78 is 19.7. The van der Waals surface area contributed by atoms with Crippen LogP contribution in [0.2, 0.25) is 0 Å². The second-order valence-corrected chi connectivity index (χ2v) is 10.7. The number of nitrogens with zero attached hydrogens (tertiary/aromatic N) is 3. The van der Waals surface area contributed by atoms with Crippen LogP contribution in [0.25, 0.3) is 5.69 Å². The summed E-state index contributed by atoms with van der Waals surface area (Å²) in [6.45, 7) is 9.89. The van der Waals surface area contributed by atoms with Crippen LogP contribution in [-0.2, 0) is 17.6 Å². The average molecular weight is 468 g/mol. The van der Waals surface area contributed by atoms with Gasteiger partial charge in [0.25, 0.3) is 5.91 Å². The molecule has 1 saturated carbocycles. The fourth-order valence-corrected chi connectivity index (χ4v) is 5.72. The van der Waals surface area contributed by atoms with Gasteiger partial charge in [0, 0.05) is 18.5 Å². The van der Waals surface area contributed by atoms with Gasteiger partial charge in [-0.2, -0.15) is 0 Å². The molecule has 1 saturated heterocycles. The van der Waals surface area contributed by atoms with Gasteiger partial charge in [0.1, 0.15) is 11.5 Å². The van der Waals surface area contributed by atoms with E-state index in [1.807, 2.05) is 18.7 Å². The van der Waals surface area contributed by atoms with Crippen molar-refractivity contribution >= 4 is 5.91 Å². The normalized spacial score (nSPS) is 19.8. The summed E-state index contributed by atoms with van der Waals surface area (Å²) in [5.41, 5.74) is 3.58. The standard InChI is InChI=1S/C27H37N3O4/c1-17(2)34-23-15-21-19(14-22(23)32-5)10-11-20-24(26(31)29-12-13-33-16-27(29,3)4)28-25(30(20)21)18-8-6-7-9-18/h14-15,17-18H,6-13,16H2,1-5H3. The van der Waals surface area contributed by atoms with Crippen molar-refractivity contribution in [2.24, 2.45) is 0 Å². The van der Waals surface area contributed by atoms with Gasteiger partial charge in [0.05, 0.1) is 43.3 Å². The molecule has 3 aliphatic rings. The third-order valence-electron chi connectivity index (χ3n) is 7.41. The van der Waals surface area contributed by atoms with Crippen LogP contribution < -0.4 is 9.47 Å². The van der Waals surface area contributed by atoms with Crippen molar-refractivity contribution in [3.8, 4) is 17.2 Å². The highest BCUT2D eigenvalue weighted by molar-refractivity contribution is 5.94. The SMILES string of the molecule is COc1cc2c(cc1OC(C)C)-n1c(C3CCCC3)nc(C(=O)N3CCOCC3(C)C)c1CC2. The smallest absolute Gasteiger partial charge is 0.274 e. The van der Waals surface area contributed by atoms with E-state index in [-0.39, 0.29) is 17.6 Å². The van der Waals surface area contributed by atoms with Crippen LogP contribution in [0.15, 0.2) is 12.1 Å². The van der Waals surface area contributed by atoms with Gasteiger partial charge in [0.15, 0.2) is 11.5 Å². The van der Waals surface area contributed by atoms with Crippen LogP contribution in [0.5, 0.6) is 11.5 Å². The number of imidazole rings is 1. The third-order valence-corrected chi connectivity index (χ3v) is 7.41. The molecule has 184 valence electrons. The maximum Gasteiger partial charge on any atom is 0.274 e. The van der Waals surface area contributed by atoms with Crippen LogP contribution in [0.4, 0.5) is 0 Å². The highest BCUT2D eigenvalue weighted by Crippen LogP contribution is 2.42. The number of hydrogen-bond donors (Lipinski definition) is 0. The number of rotatable bonds is 5. The number of benzene rings is 1. The lowest BCUT2D eigenvalue weighted by Gasteiger charge is -2.41. The molecule has 1 aliphatic carbocycles. The fraction of sp³-hybridized carbons (Fsp3) is 0.630. The predicted molar refractivity (Wildman–Crippen MR) is 130 cm³/mol. The van der Waals surface area contributed by atoms with E-state index in [0.29, 0.717) is 31.4 Å². The van der Waals surface area contributed by atoms with Gasteiger partial charge in [-0.15, -0.1) is 0 Å². The Morgan fingerprint density at radius 2 is 1.94 bits per heavy atom. The minimum Gasteiger partial charge on any atom is -0.493 e. The van der Waals surface area contributed by atoms with E-state index in [1.54, 1.807) is 7.11 Å². The number of fused-ring (bicyclic) bond motifs is 3. The Morgan fingerprint density at radius 3 is 2.62 bits per heavy atom. The molecule has 2 aromatic rings. The first kappa shape index (κ1) is 23.2. The maximum atomic E-state index is 13.9. The highest BCUT2D eigenvalue weighted by atomic mass is 16.5. The molecule has 2 aliphatic heterocycles. The lowest BCUT2D eigenvalue weighted by Crippen LogP contribution is -2.55. The van der Waals surface area contributed by atoms with Crippen LogP contribution >= 0.6 is 0 Å². The van der Waals surface area contributed by atoms with Gasteiger partial charge in [0.2, 0.25) is 0 Å². The molecule has 0 N–H and O–H groups in total. The molecule has 7 nitrogen and oxygen atoms in total. The number of aryl methyl sites for hydroxylation is 1. The number of hydrogen-bond acceptors (Lipinski definition) is 5. The molecule has 0 unspecified atom stereocenters. The minimum atomic E-state index is -0.350.